The van der Waals surface area contributed by atoms with E-state index in [0.29, 0.717) is 22.4 Å². The molecule has 0 aliphatic carbocycles. The largest absolute Gasteiger partial charge is 0.423 e. The molecule has 24 heavy (non-hydrogen) atoms. The number of nitrogen functional groups attached to an aromatic ring is 1. The van der Waals surface area contributed by atoms with Crippen LogP contribution in [-0.2, 0) is 4.79 Å². The van der Waals surface area contributed by atoms with Gasteiger partial charge in [0.2, 0.25) is 5.24 Å². The van der Waals surface area contributed by atoms with Gasteiger partial charge in [0.05, 0.1) is 5.56 Å². The van der Waals surface area contributed by atoms with E-state index in [-0.39, 0.29) is 5.84 Å². The molecule has 0 aliphatic heterocycles. The molecule has 0 bridgehead atoms. The van der Waals surface area contributed by atoms with Crippen LogP contribution in [-0.4, -0.2) is 17.0 Å². The van der Waals surface area contributed by atoms with Gasteiger partial charge in [-0.1, -0.05) is 12.1 Å². The number of hydrogen-bond acceptors (Lipinski definition) is 4. The highest BCUT2D eigenvalue weighted by Crippen LogP contribution is 2.15. The molecule has 2 aromatic carbocycles. The van der Waals surface area contributed by atoms with Crippen molar-refractivity contribution in [2.45, 2.75) is 6.92 Å². The number of rotatable bonds is 5. The van der Waals surface area contributed by atoms with Crippen LogP contribution in [0.15, 0.2) is 54.1 Å². The molecule has 0 atom stereocenters. The summed E-state index contributed by atoms with van der Waals surface area (Å²) in [5.41, 5.74) is 7.46. The molecule has 3 N–H and O–H groups in total. The van der Waals surface area contributed by atoms with E-state index in [1.54, 1.807) is 61.5 Å². The molecule has 0 saturated heterocycles. The van der Waals surface area contributed by atoms with Gasteiger partial charge in [0.25, 0.3) is 0 Å². The van der Waals surface area contributed by atoms with Gasteiger partial charge < -0.3 is 10.5 Å². The van der Waals surface area contributed by atoms with E-state index in [2.05, 4.69) is 0 Å². The molecule has 0 fully saturated rings. The van der Waals surface area contributed by atoms with Crippen LogP contribution in [0.4, 0.5) is 0 Å². The van der Waals surface area contributed by atoms with Crippen molar-refractivity contribution in [1.29, 1.82) is 5.41 Å². The predicted octanol–water partition coefficient (Wildman–Crippen LogP) is 3.36. The predicted molar refractivity (Wildman–Crippen MR) is 93.4 cm³/mol. The molecule has 0 saturated carbocycles. The van der Waals surface area contributed by atoms with Gasteiger partial charge in [-0.3, -0.25) is 10.2 Å². The number of benzene rings is 2. The molecule has 6 heteroatoms. The Bertz CT molecular complexity index is 809. The Morgan fingerprint density at radius 3 is 2.08 bits per heavy atom. The van der Waals surface area contributed by atoms with Gasteiger partial charge in [-0.15, -0.1) is 0 Å². The summed E-state index contributed by atoms with van der Waals surface area (Å²) in [6.45, 7) is 1.61. The van der Waals surface area contributed by atoms with Gasteiger partial charge in [-0.05, 0) is 66.6 Å². The Hall–Kier alpha value is -2.92. The summed E-state index contributed by atoms with van der Waals surface area (Å²) in [7, 11) is 0. The van der Waals surface area contributed by atoms with Crippen LogP contribution < -0.4 is 10.5 Å². The molecule has 0 unspecified atom stereocenters. The number of amidine groups is 1. The summed E-state index contributed by atoms with van der Waals surface area (Å²) in [5, 5.41) is 6.79. The fraction of sp³-hybridized carbons (Fsp3) is 0.0556. The van der Waals surface area contributed by atoms with Gasteiger partial charge in [0, 0.05) is 11.1 Å². The Labute approximate surface area is 144 Å². The summed E-state index contributed by atoms with van der Waals surface area (Å²) in [6.07, 6.45) is 1.63. The van der Waals surface area contributed by atoms with Gasteiger partial charge in [0.1, 0.15) is 11.6 Å². The zero-order valence-corrected chi connectivity index (χ0v) is 13.6. The lowest BCUT2D eigenvalue weighted by Gasteiger charge is -2.06. The minimum atomic E-state index is -0.521. The van der Waals surface area contributed by atoms with E-state index >= 15 is 0 Å². The van der Waals surface area contributed by atoms with Crippen LogP contribution in [0.1, 0.15) is 28.4 Å². The summed E-state index contributed by atoms with van der Waals surface area (Å²) >= 11 is 5.38. The van der Waals surface area contributed by atoms with Crippen molar-refractivity contribution < 1.29 is 14.3 Å². The fourth-order valence-electron chi connectivity index (χ4n) is 1.89. The molecule has 122 valence electrons. The number of hydrogen-bond donors (Lipinski definition) is 2. The van der Waals surface area contributed by atoms with Crippen molar-refractivity contribution in [3.05, 3.63) is 70.8 Å². The van der Waals surface area contributed by atoms with Gasteiger partial charge >= 0.3 is 5.97 Å². The van der Waals surface area contributed by atoms with Crippen LogP contribution in [0.25, 0.3) is 6.08 Å². The Morgan fingerprint density at radius 2 is 1.58 bits per heavy atom. The first-order valence-corrected chi connectivity index (χ1v) is 7.39. The van der Waals surface area contributed by atoms with E-state index in [1.165, 1.54) is 0 Å². The lowest BCUT2D eigenvalue weighted by atomic mass is 10.1. The maximum Gasteiger partial charge on any atom is 0.343 e. The zero-order chi connectivity index (χ0) is 17.7. The molecule has 0 spiro atoms. The fourth-order valence-corrected chi connectivity index (χ4v) is 1.95. The van der Waals surface area contributed by atoms with Crippen LogP contribution in [0.3, 0.4) is 0 Å². The molecular weight excluding hydrogens is 328 g/mol. The molecular formula is C18H15ClN2O3. The molecule has 5 nitrogen and oxygen atoms in total. The van der Waals surface area contributed by atoms with Crippen molar-refractivity contribution in [3.8, 4) is 5.75 Å². The highest BCUT2D eigenvalue weighted by Gasteiger charge is 2.09. The summed E-state index contributed by atoms with van der Waals surface area (Å²) in [6, 6.07) is 12.9. The number of halogens is 1. The van der Waals surface area contributed by atoms with E-state index in [1.807, 2.05) is 0 Å². The average Bonchev–Trinajstić information content (AvgIpc) is 2.55. The topological polar surface area (TPSA) is 93.2 Å². The Kier molecular flexibility index (Phi) is 5.50. The smallest absolute Gasteiger partial charge is 0.343 e. The number of nitrogens with two attached hydrogens (primary N) is 1. The van der Waals surface area contributed by atoms with E-state index < -0.39 is 11.2 Å². The zero-order valence-electron chi connectivity index (χ0n) is 12.9. The minimum Gasteiger partial charge on any atom is -0.423 e. The lowest BCUT2D eigenvalue weighted by molar-refractivity contribution is -0.108. The molecule has 2 rings (SSSR count). The quantitative estimate of drug-likeness (QED) is 0.217. The maximum absolute atomic E-state index is 12.1. The van der Waals surface area contributed by atoms with Crippen molar-refractivity contribution in [3.63, 3.8) is 0 Å². The highest BCUT2D eigenvalue weighted by molar-refractivity contribution is 6.68. The second kappa shape index (κ2) is 7.57. The Morgan fingerprint density at radius 1 is 1.04 bits per heavy atom. The first-order chi connectivity index (χ1) is 11.4. The normalized spacial score (nSPS) is 11.0. The number of nitrogens with one attached hydrogen (secondary N) is 1. The third-order valence-electron chi connectivity index (χ3n) is 3.22. The number of carbonyl (C=O) groups is 2. The molecule has 0 aliphatic rings. The van der Waals surface area contributed by atoms with E-state index in [9.17, 15) is 9.59 Å². The molecule has 0 radical (unpaired) electrons. The lowest BCUT2D eigenvalue weighted by Crippen LogP contribution is -2.11. The second-order valence-electron chi connectivity index (χ2n) is 5.05. The number of ether oxygens (including phenoxy) is 1. The van der Waals surface area contributed by atoms with Crippen molar-refractivity contribution in [2.24, 2.45) is 5.73 Å². The van der Waals surface area contributed by atoms with Crippen molar-refractivity contribution >= 4 is 34.7 Å². The first kappa shape index (κ1) is 17.4. The molecule has 0 amide bonds. The Balaban J connectivity index is 2.08. The SMILES string of the molecule is C/C(=C\c1ccc(C(=O)Oc2ccc(C(=N)N)cc2)cc1)C(=O)Cl. The van der Waals surface area contributed by atoms with E-state index in [0.717, 1.165) is 5.56 Å². The van der Waals surface area contributed by atoms with Gasteiger partial charge in [0.15, 0.2) is 0 Å². The summed E-state index contributed by atoms with van der Waals surface area (Å²) in [4.78, 5) is 23.1. The number of esters is 1. The van der Waals surface area contributed by atoms with Crippen LogP contribution in [0, 0.1) is 5.41 Å². The summed E-state index contributed by atoms with van der Waals surface area (Å²) in [5.74, 6) is -0.203. The number of carbonyl (C=O) groups excluding carboxylic acids is 2. The monoisotopic (exact) mass is 342 g/mol. The van der Waals surface area contributed by atoms with Gasteiger partial charge in [-0.2, -0.15) is 0 Å². The maximum atomic E-state index is 12.1. The third kappa shape index (κ3) is 4.54. The van der Waals surface area contributed by atoms with Crippen molar-refractivity contribution in [2.75, 3.05) is 0 Å². The first-order valence-electron chi connectivity index (χ1n) is 7.01. The minimum absolute atomic E-state index is 0.0535. The second-order valence-corrected chi connectivity index (χ2v) is 5.39. The third-order valence-corrected chi connectivity index (χ3v) is 3.51. The standard InChI is InChI=1S/C18H15ClN2O3/c1-11(16(19)22)10-12-2-4-14(5-3-12)18(23)24-15-8-6-13(7-9-15)17(20)21/h2-10H,1H3,(H3,20,21)/b11-10+. The molecule has 2 aromatic rings. The van der Waals surface area contributed by atoms with Crippen molar-refractivity contribution in [1.82, 2.24) is 0 Å². The van der Waals surface area contributed by atoms with E-state index in [4.69, 9.17) is 27.5 Å². The van der Waals surface area contributed by atoms with Crippen LogP contribution >= 0.6 is 11.6 Å². The highest BCUT2D eigenvalue weighted by atomic mass is 35.5. The average molecular weight is 343 g/mol. The van der Waals surface area contributed by atoms with Crippen LogP contribution in [0.5, 0.6) is 5.75 Å². The number of allylic oxidation sites excluding steroid dienone is 1. The molecule has 0 aromatic heterocycles. The van der Waals surface area contributed by atoms with Gasteiger partial charge in [-0.25, -0.2) is 4.79 Å². The van der Waals surface area contributed by atoms with Crippen LogP contribution in [0.2, 0.25) is 0 Å². The summed E-state index contributed by atoms with van der Waals surface area (Å²) < 4.78 is 5.25. The molecule has 0 heterocycles.